The second kappa shape index (κ2) is 5.74. The molecule has 0 spiro atoms. The quantitative estimate of drug-likeness (QED) is 0.413. The van der Waals surface area contributed by atoms with E-state index in [-0.39, 0.29) is 0 Å². The zero-order chi connectivity index (χ0) is 18.6. The number of rotatable bonds is 2. The number of benzene rings is 3. The van der Waals surface area contributed by atoms with Crippen molar-refractivity contribution in [1.82, 2.24) is 9.78 Å². The molecule has 0 fully saturated rings. The van der Waals surface area contributed by atoms with E-state index in [0.29, 0.717) is 8.92 Å². The third-order valence-electron chi connectivity index (χ3n) is 5.02. The Morgan fingerprint density at radius 1 is 0.815 bits per heavy atom. The van der Waals surface area contributed by atoms with Gasteiger partial charge in [0, 0.05) is 0 Å². The molecule has 4 aromatic rings. The molecule has 0 atom stereocenters. The molecule has 2 heterocycles. The molecule has 1 aliphatic rings. The van der Waals surface area contributed by atoms with E-state index in [2.05, 4.69) is 5.10 Å². The van der Waals surface area contributed by atoms with E-state index >= 15 is 0 Å². The van der Waals surface area contributed by atoms with Gasteiger partial charge in [-0.05, 0) is 0 Å². The van der Waals surface area contributed by atoms with Crippen molar-refractivity contribution < 1.29 is 7.67 Å². The van der Waals surface area contributed by atoms with Gasteiger partial charge in [-0.15, -0.1) is 0 Å². The molecule has 1 aromatic heterocycles. The molecule has 0 bridgehead atoms. The van der Waals surface area contributed by atoms with Gasteiger partial charge in [-0.1, -0.05) is 0 Å². The summed E-state index contributed by atoms with van der Waals surface area (Å²) in [6.45, 7) is 2.04. The minimum absolute atomic E-state index is 0.439. The maximum absolute atomic E-state index is 13.0. The second-order valence-electron chi connectivity index (χ2n) is 6.67. The topological polar surface area (TPSA) is 52.0 Å². The molecule has 1 aliphatic heterocycles. The summed E-state index contributed by atoms with van der Waals surface area (Å²) >= 11 is -4.35. The fourth-order valence-electron chi connectivity index (χ4n) is 3.61. The Hall–Kier alpha value is -3.01. The van der Waals surface area contributed by atoms with Crippen LogP contribution < -0.4 is 8.92 Å². The van der Waals surface area contributed by atoms with Crippen LogP contribution in [-0.4, -0.2) is 22.5 Å². The molecule has 0 saturated heterocycles. The van der Waals surface area contributed by atoms with E-state index in [1.165, 1.54) is 0 Å². The van der Waals surface area contributed by atoms with Crippen LogP contribution in [0, 0.1) is 6.92 Å². The standard InChI is InChI=1S/C22H16N2O2Se/c1-15-6-2-4-8-20(15)24-14-17(13-23-24)16-10-11-19-18-7-3-5-9-21(18)27(25,26)22(19)12-16/h2-14H,1H3. The van der Waals surface area contributed by atoms with Crippen LogP contribution in [0.25, 0.3) is 27.9 Å². The molecule has 0 saturated carbocycles. The Balaban J connectivity index is 1.62. The Labute approximate surface area is 158 Å². The summed E-state index contributed by atoms with van der Waals surface area (Å²) in [5.74, 6) is 0. The van der Waals surface area contributed by atoms with Gasteiger partial charge in [0.2, 0.25) is 0 Å². The van der Waals surface area contributed by atoms with E-state index in [9.17, 15) is 7.67 Å². The predicted molar refractivity (Wildman–Crippen MR) is 106 cm³/mol. The van der Waals surface area contributed by atoms with Gasteiger partial charge < -0.3 is 0 Å². The molecule has 0 unspecified atom stereocenters. The van der Waals surface area contributed by atoms with E-state index < -0.39 is 12.7 Å². The van der Waals surface area contributed by atoms with Gasteiger partial charge in [0.25, 0.3) is 0 Å². The van der Waals surface area contributed by atoms with E-state index in [0.717, 1.165) is 33.5 Å². The van der Waals surface area contributed by atoms with Gasteiger partial charge >= 0.3 is 159 Å². The van der Waals surface area contributed by atoms with Crippen molar-refractivity contribution in [3.8, 4) is 27.9 Å². The van der Waals surface area contributed by atoms with Gasteiger partial charge in [-0.3, -0.25) is 0 Å². The van der Waals surface area contributed by atoms with Gasteiger partial charge in [0.15, 0.2) is 0 Å². The first-order valence-corrected chi connectivity index (χ1v) is 11.8. The molecule has 4 nitrogen and oxygen atoms in total. The normalized spacial score (nSPS) is 14.0. The van der Waals surface area contributed by atoms with Crippen molar-refractivity contribution in [3.05, 3.63) is 84.7 Å². The van der Waals surface area contributed by atoms with Crippen LogP contribution in [0.4, 0.5) is 0 Å². The number of nitrogens with zero attached hydrogens (tertiary/aromatic N) is 2. The molecule has 0 radical (unpaired) electrons. The molecule has 5 rings (SSSR count). The number of aromatic nitrogens is 2. The third kappa shape index (κ3) is 2.40. The number of hydrogen-bond donors (Lipinski definition) is 0. The molecule has 132 valence electrons. The molecular weight excluding hydrogens is 403 g/mol. The van der Waals surface area contributed by atoms with Crippen LogP contribution in [-0.2, 0) is 7.67 Å². The predicted octanol–water partition coefficient (Wildman–Crippen LogP) is 3.25. The van der Waals surface area contributed by atoms with Gasteiger partial charge in [0.1, 0.15) is 0 Å². The summed E-state index contributed by atoms with van der Waals surface area (Å²) in [6.07, 6.45) is 3.71. The van der Waals surface area contributed by atoms with Crippen molar-refractivity contribution in [3.63, 3.8) is 0 Å². The molecule has 5 heteroatoms. The summed E-state index contributed by atoms with van der Waals surface area (Å²) in [4.78, 5) is 0. The fourth-order valence-corrected chi connectivity index (χ4v) is 7.20. The first-order chi connectivity index (χ1) is 13.1. The van der Waals surface area contributed by atoms with Crippen LogP contribution in [0.15, 0.2) is 79.1 Å². The molecule has 0 aliphatic carbocycles. The SMILES string of the molecule is Cc1ccccc1-n1cc(-c2ccc3c(c2)[Se](=O)(=O)c2ccccc2-3)cn1. The Morgan fingerprint density at radius 3 is 2.41 bits per heavy atom. The summed E-state index contributed by atoms with van der Waals surface area (Å²) in [6, 6.07) is 20.9. The zero-order valence-corrected chi connectivity index (χ0v) is 16.3. The molecule has 27 heavy (non-hydrogen) atoms. The third-order valence-corrected chi connectivity index (χ3v) is 8.90. The van der Waals surface area contributed by atoms with E-state index in [1.54, 1.807) is 24.4 Å². The van der Waals surface area contributed by atoms with Crippen molar-refractivity contribution >= 4 is 21.6 Å². The summed E-state index contributed by atoms with van der Waals surface area (Å²) in [5.41, 5.74) is 5.49. The zero-order valence-electron chi connectivity index (χ0n) is 14.6. The maximum atomic E-state index is 13.0. The second-order valence-corrected chi connectivity index (χ2v) is 10.6. The Kier molecular flexibility index (Phi) is 3.44. The summed E-state index contributed by atoms with van der Waals surface area (Å²) in [7, 11) is 0. The average Bonchev–Trinajstić information content (AvgIpc) is 3.25. The fraction of sp³-hybridized carbons (Fsp3) is 0.0455. The summed E-state index contributed by atoms with van der Waals surface area (Å²) in [5, 5.41) is 4.47. The van der Waals surface area contributed by atoms with Crippen LogP contribution in [0.3, 0.4) is 0 Å². The number of hydrogen-bond acceptors (Lipinski definition) is 3. The van der Waals surface area contributed by atoms with Crippen molar-refractivity contribution in [2.45, 2.75) is 6.92 Å². The van der Waals surface area contributed by atoms with Crippen LogP contribution in [0.2, 0.25) is 0 Å². The number of aryl methyl sites for hydroxylation is 1. The van der Waals surface area contributed by atoms with Gasteiger partial charge in [-0.25, -0.2) is 0 Å². The van der Waals surface area contributed by atoms with E-state index in [1.807, 2.05) is 66.3 Å². The van der Waals surface area contributed by atoms with Crippen molar-refractivity contribution in [2.75, 3.05) is 0 Å². The number of fused-ring (bicyclic) bond motifs is 3. The Bertz CT molecular complexity index is 1300. The molecule has 0 N–H and O–H groups in total. The van der Waals surface area contributed by atoms with Crippen LogP contribution in [0.5, 0.6) is 0 Å². The average molecular weight is 419 g/mol. The first-order valence-electron chi connectivity index (χ1n) is 8.65. The van der Waals surface area contributed by atoms with Crippen molar-refractivity contribution in [1.29, 1.82) is 0 Å². The van der Waals surface area contributed by atoms with Gasteiger partial charge in [-0.2, -0.15) is 0 Å². The molecule has 0 amide bonds. The minimum atomic E-state index is -4.35. The van der Waals surface area contributed by atoms with Gasteiger partial charge in [0.05, 0.1) is 0 Å². The first kappa shape index (κ1) is 16.2. The molecular formula is C22H16N2O2Se. The van der Waals surface area contributed by atoms with Crippen LogP contribution >= 0.6 is 0 Å². The van der Waals surface area contributed by atoms with E-state index in [4.69, 9.17) is 0 Å². The van der Waals surface area contributed by atoms with Crippen molar-refractivity contribution in [2.24, 2.45) is 0 Å². The summed E-state index contributed by atoms with van der Waals surface area (Å²) < 4.78 is 28.7. The molecule has 3 aromatic carbocycles. The Morgan fingerprint density at radius 2 is 1.56 bits per heavy atom. The monoisotopic (exact) mass is 420 g/mol. The number of para-hydroxylation sites is 1. The van der Waals surface area contributed by atoms with Crippen LogP contribution in [0.1, 0.15) is 5.56 Å².